The normalized spacial score (nSPS) is 16.4. The van der Waals surface area contributed by atoms with Crippen molar-refractivity contribution in [3.8, 4) is 0 Å². The van der Waals surface area contributed by atoms with Gasteiger partial charge < -0.3 is 4.98 Å². The number of aromatic nitrogens is 2. The summed E-state index contributed by atoms with van der Waals surface area (Å²) >= 11 is 1.48. The molecule has 0 spiro atoms. The summed E-state index contributed by atoms with van der Waals surface area (Å²) in [6, 6.07) is 0. The highest BCUT2D eigenvalue weighted by atomic mass is 32.2. The Balaban J connectivity index is 2.39. The van der Waals surface area contributed by atoms with E-state index in [4.69, 9.17) is 0 Å². The van der Waals surface area contributed by atoms with Crippen molar-refractivity contribution in [2.24, 2.45) is 0 Å². The lowest BCUT2D eigenvalue weighted by Crippen LogP contribution is -2.35. The third-order valence-electron chi connectivity index (χ3n) is 2.77. The van der Waals surface area contributed by atoms with Crippen LogP contribution in [0, 0.1) is 0 Å². The van der Waals surface area contributed by atoms with Crippen molar-refractivity contribution in [1.82, 2.24) is 14.9 Å². The molecule has 0 amide bonds. The standard InChI is InChI=1S/C10H15N3OS/c1-3-13-5-4-8-7(6-13)9(14)12-10(11-8)15-2/h3-6H2,1-2H3,(H,11,12,14). The topological polar surface area (TPSA) is 49.0 Å². The third-order valence-corrected chi connectivity index (χ3v) is 3.35. The van der Waals surface area contributed by atoms with Gasteiger partial charge in [0, 0.05) is 19.5 Å². The molecule has 0 saturated heterocycles. The molecule has 2 rings (SSSR count). The lowest BCUT2D eigenvalue weighted by molar-refractivity contribution is 0.263. The minimum absolute atomic E-state index is 0.0301. The van der Waals surface area contributed by atoms with E-state index in [1.54, 1.807) is 0 Å². The number of nitrogens with zero attached hydrogens (tertiary/aromatic N) is 2. The van der Waals surface area contributed by atoms with Crippen molar-refractivity contribution in [1.29, 1.82) is 0 Å². The number of hydrogen-bond donors (Lipinski definition) is 1. The summed E-state index contributed by atoms with van der Waals surface area (Å²) in [6.45, 7) is 4.85. The molecule has 0 aromatic carbocycles. The van der Waals surface area contributed by atoms with E-state index in [0.717, 1.165) is 42.5 Å². The van der Waals surface area contributed by atoms with Crippen molar-refractivity contribution in [3.05, 3.63) is 21.6 Å². The number of H-pyrrole nitrogens is 1. The van der Waals surface area contributed by atoms with Gasteiger partial charge in [0.05, 0.1) is 11.3 Å². The quantitative estimate of drug-likeness (QED) is 0.599. The van der Waals surface area contributed by atoms with Gasteiger partial charge in [-0.2, -0.15) is 0 Å². The van der Waals surface area contributed by atoms with Gasteiger partial charge >= 0.3 is 0 Å². The Morgan fingerprint density at radius 2 is 2.40 bits per heavy atom. The van der Waals surface area contributed by atoms with Crippen molar-refractivity contribution >= 4 is 11.8 Å². The predicted octanol–water partition coefficient (Wildman–Crippen LogP) is 0.870. The lowest BCUT2D eigenvalue weighted by atomic mass is 10.1. The van der Waals surface area contributed by atoms with Crippen molar-refractivity contribution in [2.45, 2.75) is 25.0 Å². The van der Waals surface area contributed by atoms with E-state index in [9.17, 15) is 4.79 Å². The lowest BCUT2D eigenvalue weighted by Gasteiger charge is -2.26. The van der Waals surface area contributed by atoms with E-state index in [1.807, 2.05) is 6.26 Å². The van der Waals surface area contributed by atoms with Gasteiger partial charge in [-0.15, -0.1) is 0 Å². The van der Waals surface area contributed by atoms with Crippen LogP contribution >= 0.6 is 11.8 Å². The fraction of sp³-hybridized carbons (Fsp3) is 0.600. The molecule has 0 aliphatic carbocycles. The zero-order valence-electron chi connectivity index (χ0n) is 9.04. The predicted molar refractivity (Wildman–Crippen MR) is 61.3 cm³/mol. The van der Waals surface area contributed by atoms with E-state index < -0.39 is 0 Å². The fourth-order valence-electron chi connectivity index (χ4n) is 1.82. The Morgan fingerprint density at radius 3 is 3.07 bits per heavy atom. The molecule has 0 saturated carbocycles. The highest BCUT2D eigenvalue weighted by Crippen LogP contribution is 2.15. The summed E-state index contributed by atoms with van der Waals surface area (Å²) in [4.78, 5) is 21.3. The molecule has 15 heavy (non-hydrogen) atoms. The van der Waals surface area contributed by atoms with Crippen LogP contribution in [0.1, 0.15) is 18.2 Å². The largest absolute Gasteiger partial charge is 0.301 e. The molecule has 5 heteroatoms. The van der Waals surface area contributed by atoms with Crippen LogP contribution in [0.15, 0.2) is 9.95 Å². The summed E-state index contributed by atoms with van der Waals surface area (Å²) in [5.74, 6) is 0. The van der Waals surface area contributed by atoms with E-state index >= 15 is 0 Å². The van der Waals surface area contributed by atoms with Gasteiger partial charge in [0.15, 0.2) is 5.16 Å². The first-order chi connectivity index (χ1) is 7.24. The maximum Gasteiger partial charge on any atom is 0.256 e. The fourth-order valence-corrected chi connectivity index (χ4v) is 2.22. The average molecular weight is 225 g/mol. The molecule has 0 radical (unpaired) electrons. The highest BCUT2D eigenvalue weighted by molar-refractivity contribution is 7.98. The van der Waals surface area contributed by atoms with Crippen LogP contribution in [0.25, 0.3) is 0 Å². The van der Waals surface area contributed by atoms with Gasteiger partial charge in [-0.3, -0.25) is 9.69 Å². The average Bonchev–Trinajstić information content (AvgIpc) is 2.28. The van der Waals surface area contributed by atoms with Gasteiger partial charge in [0.25, 0.3) is 5.56 Å². The molecule has 0 fully saturated rings. The summed E-state index contributed by atoms with van der Waals surface area (Å²) in [6.07, 6.45) is 2.81. The van der Waals surface area contributed by atoms with Gasteiger partial charge in [0.1, 0.15) is 0 Å². The molecule has 1 aromatic rings. The number of nitrogens with one attached hydrogen (secondary N) is 1. The summed E-state index contributed by atoms with van der Waals surface area (Å²) in [5.41, 5.74) is 1.86. The van der Waals surface area contributed by atoms with E-state index in [-0.39, 0.29) is 5.56 Å². The number of rotatable bonds is 2. The summed E-state index contributed by atoms with van der Waals surface area (Å²) < 4.78 is 0. The first-order valence-electron chi connectivity index (χ1n) is 5.13. The van der Waals surface area contributed by atoms with Crippen LogP contribution in [-0.2, 0) is 13.0 Å². The van der Waals surface area contributed by atoms with Crippen molar-refractivity contribution < 1.29 is 0 Å². The number of thioether (sulfide) groups is 1. The summed E-state index contributed by atoms with van der Waals surface area (Å²) in [5, 5.41) is 0.726. The highest BCUT2D eigenvalue weighted by Gasteiger charge is 2.19. The maximum absolute atomic E-state index is 11.8. The minimum atomic E-state index is 0.0301. The summed E-state index contributed by atoms with van der Waals surface area (Å²) in [7, 11) is 0. The van der Waals surface area contributed by atoms with Crippen molar-refractivity contribution in [3.63, 3.8) is 0 Å². The zero-order chi connectivity index (χ0) is 10.8. The van der Waals surface area contributed by atoms with Crippen LogP contribution in [0.3, 0.4) is 0 Å². The van der Waals surface area contributed by atoms with Crippen LogP contribution in [0.5, 0.6) is 0 Å². The smallest absolute Gasteiger partial charge is 0.256 e. The SMILES string of the molecule is CCN1CCc2nc(SC)[nH]c(=O)c2C1. The Hall–Kier alpha value is -0.810. The Morgan fingerprint density at radius 1 is 1.60 bits per heavy atom. The molecular weight excluding hydrogens is 210 g/mol. The molecule has 0 atom stereocenters. The molecule has 4 nitrogen and oxygen atoms in total. The maximum atomic E-state index is 11.8. The second-order valence-electron chi connectivity index (χ2n) is 3.62. The molecule has 0 bridgehead atoms. The minimum Gasteiger partial charge on any atom is -0.301 e. The van der Waals surface area contributed by atoms with E-state index in [0.29, 0.717) is 0 Å². The monoisotopic (exact) mass is 225 g/mol. The van der Waals surface area contributed by atoms with Gasteiger partial charge in [-0.05, 0) is 12.8 Å². The number of aromatic amines is 1. The Labute approximate surface area is 93.1 Å². The van der Waals surface area contributed by atoms with Crippen molar-refractivity contribution in [2.75, 3.05) is 19.3 Å². The molecule has 1 aliphatic heterocycles. The molecule has 0 unspecified atom stereocenters. The van der Waals surface area contributed by atoms with Gasteiger partial charge in [-0.1, -0.05) is 18.7 Å². The molecular formula is C10H15N3OS. The first kappa shape index (κ1) is 10.7. The third kappa shape index (κ3) is 2.08. The van der Waals surface area contributed by atoms with Crippen LogP contribution in [0.2, 0.25) is 0 Å². The first-order valence-corrected chi connectivity index (χ1v) is 6.35. The molecule has 2 heterocycles. The molecule has 1 aromatic heterocycles. The van der Waals surface area contributed by atoms with Gasteiger partial charge in [0.2, 0.25) is 0 Å². The molecule has 82 valence electrons. The second-order valence-corrected chi connectivity index (χ2v) is 4.41. The van der Waals surface area contributed by atoms with E-state index in [2.05, 4.69) is 21.8 Å². The van der Waals surface area contributed by atoms with Crippen LogP contribution in [-0.4, -0.2) is 34.2 Å². The Bertz CT molecular complexity index is 416. The number of hydrogen-bond acceptors (Lipinski definition) is 4. The zero-order valence-corrected chi connectivity index (χ0v) is 9.86. The van der Waals surface area contributed by atoms with Crippen LogP contribution in [0.4, 0.5) is 0 Å². The molecule has 1 aliphatic rings. The Kier molecular flexibility index (Phi) is 3.11. The molecule has 1 N–H and O–H groups in total. The van der Waals surface area contributed by atoms with Crippen LogP contribution < -0.4 is 5.56 Å². The number of fused-ring (bicyclic) bond motifs is 1. The van der Waals surface area contributed by atoms with Gasteiger partial charge in [-0.25, -0.2) is 4.98 Å². The number of likely N-dealkylation sites (N-methyl/N-ethyl adjacent to an activating group) is 1. The second kappa shape index (κ2) is 4.37. The van der Waals surface area contributed by atoms with E-state index in [1.165, 1.54) is 11.8 Å².